The van der Waals surface area contributed by atoms with Crippen molar-refractivity contribution in [3.05, 3.63) is 77.7 Å². The zero-order valence-electron chi connectivity index (χ0n) is 21.3. The van der Waals surface area contributed by atoms with Gasteiger partial charge >= 0.3 is 0 Å². The van der Waals surface area contributed by atoms with Crippen LogP contribution < -0.4 is 4.74 Å². The number of H-pyrrole nitrogens is 1. The highest BCUT2D eigenvalue weighted by atomic mass is 16.5. The Morgan fingerprint density at radius 1 is 1.00 bits per heavy atom. The summed E-state index contributed by atoms with van der Waals surface area (Å²) in [6, 6.07) is 8.24. The molecule has 0 atom stereocenters. The lowest BCUT2D eigenvalue weighted by molar-refractivity contribution is -0.126. The minimum atomic E-state index is -0.609. The molecule has 11 heteroatoms. The number of fused-ring (bicyclic) bond motifs is 2. The van der Waals surface area contributed by atoms with Gasteiger partial charge in [0.25, 0.3) is 11.7 Å². The van der Waals surface area contributed by atoms with E-state index in [2.05, 4.69) is 60.8 Å². The zero-order chi connectivity index (χ0) is 26.4. The molecule has 1 aliphatic rings. The van der Waals surface area contributed by atoms with E-state index in [4.69, 9.17) is 4.74 Å². The third kappa shape index (κ3) is 3.92. The molecule has 1 aliphatic heterocycles. The van der Waals surface area contributed by atoms with E-state index >= 15 is 0 Å². The third-order valence-electron chi connectivity index (χ3n) is 6.93. The predicted molar refractivity (Wildman–Crippen MR) is 139 cm³/mol. The van der Waals surface area contributed by atoms with E-state index in [1.807, 2.05) is 6.33 Å². The number of hydrogen-bond acceptors (Lipinski definition) is 7. The molecule has 0 saturated heterocycles. The van der Waals surface area contributed by atoms with Crippen LogP contribution in [0.4, 0.5) is 0 Å². The van der Waals surface area contributed by atoms with Gasteiger partial charge in [-0.25, -0.2) is 19.6 Å². The van der Waals surface area contributed by atoms with Crippen LogP contribution in [0.1, 0.15) is 33.1 Å². The smallest absolute Gasteiger partial charge is 0.295 e. The lowest BCUT2D eigenvalue weighted by atomic mass is 10.1. The first kappa shape index (κ1) is 23.6. The van der Waals surface area contributed by atoms with E-state index in [1.165, 1.54) is 29.7 Å². The summed E-state index contributed by atoms with van der Waals surface area (Å²) < 4.78 is 9.08. The number of aryl methyl sites for hydroxylation is 2. The molecular weight excluding hydrogens is 484 g/mol. The van der Waals surface area contributed by atoms with E-state index < -0.39 is 11.7 Å². The van der Waals surface area contributed by atoms with Gasteiger partial charge in [-0.1, -0.05) is 17.7 Å². The second-order valence-corrected chi connectivity index (χ2v) is 9.30. The first-order valence-electron chi connectivity index (χ1n) is 12.3. The zero-order valence-corrected chi connectivity index (χ0v) is 21.3. The molecule has 0 aliphatic carbocycles. The third-order valence-corrected chi connectivity index (χ3v) is 6.93. The molecule has 0 bridgehead atoms. The SMILES string of the molecule is COc1cnc(-n2cnc(C)n2)c2[nH]cc(C(=O)C(=O)N3CCc4ncn(-c5ccc(C)cc5)c4CC3)c12. The Balaban J connectivity index is 1.28. The molecule has 1 aromatic carbocycles. The maximum absolute atomic E-state index is 13.5. The number of aromatic nitrogens is 7. The molecule has 0 saturated carbocycles. The van der Waals surface area contributed by atoms with Crippen molar-refractivity contribution in [2.75, 3.05) is 20.2 Å². The molecule has 192 valence electrons. The van der Waals surface area contributed by atoms with Gasteiger partial charge < -0.3 is 19.2 Å². The largest absolute Gasteiger partial charge is 0.494 e. The van der Waals surface area contributed by atoms with E-state index in [0.29, 0.717) is 54.2 Å². The Morgan fingerprint density at radius 2 is 1.79 bits per heavy atom. The van der Waals surface area contributed by atoms with Gasteiger partial charge in [0.2, 0.25) is 0 Å². The highest BCUT2D eigenvalue weighted by molar-refractivity contribution is 6.45. The van der Waals surface area contributed by atoms with E-state index in [1.54, 1.807) is 18.2 Å². The van der Waals surface area contributed by atoms with Crippen molar-refractivity contribution in [3.8, 4) is 17.3 Å². The van der Waals surface area contributed by atoms with Crippen LogP contribution >= 0.6 is 0 Å². The Bertz CT molecular complexity index is 1680. The number of rotatable bonds is 5. The minimum Gasteiger partial charge on any atom is -0.494 e. The topological polar surface area (TPSA) is 124 Å². The van der Waals surface area contributed by atoms with Crippen molar-refractivity contribution >= 4 is 22.6 Å². The van der Waals surface area contributed by atoms with Crippen molar-refractivity contribution in [2.45, 2.75) is 26.7 Å². The number of pyridine rings is 1. The number of imidazole rings is 1. The van der Waals surface area contributed by atoms with Crippen LogP contribution in [-0.4, -0.2) is 71.1 Å². The molecule has 38 heavy (non-hydrogen) atoms. The highest BCUT2D eigenvalue weighted by Gasteiger charge is 2.30. The summed E-state index contributed by atoms with van der Waals surface area (Å²) in [5.74, 6) is 0.257. The van der Waals surface area contributed by atoms with Crippen molar-refractivity contribution < 1.29 is 14.3 Å². The van der Waals surface area contributed by atoms with Crippen LogP contribution in [-0.2, 0) is 17.6 Å². The van der Waals surface area contributed by atoms with Crippen molar-refractivity contribution in [2.24, 2.45) is 0 Å². The van der Waals surface area contributed by atoms with Crippen LogP contribution in [0, 0.1) is 13.8 Å². The average Bonchev–Trinajstić information content (AvgIpc) is 3.63. The fourth-order valence-electron chi connectivity index (χ4n) is 4.93. The fraction of sp³-hybridized carbons (Fsp3) is 0.259. The number of carbonyl (C=O) groups excluding carboxylic acids is 2. The van der Waals surface area contributed by atoms with Crippen LogP contribution in [0.25, 0.3) is 22.4 Å². The molecule has 0 radical (unpaired) electrons. The number of ketones is 1. The van der Waals surface area contributed by atoms with Gasteiger partial charge in [-0.05, 0) is 26.0 Å². The van der Waals surface area contributed by atoms with Gasteiger partial charge in [-0.15, -0.1) is 0 Å². The van der Waals surface area contributed by atoms with Gasteiger partial charge in [0, 0.05) is 43.5 Å². The number of hydrogen-bond donors (Lipinski definition) is 1. The monoisotopic (exact) mass is 510 g/mol. The summed E-state index contributed by atoms with van der Waals surface area (Å²) in [4.78, 5) is 44.9. The van der Waals surface area contributed by atoms with Gasteiger partial charge in [0.15, 0.2) is 5.82 Å². The van der Waals surface area contributed by atoms with Crippen LogP contribution in [0.2, 0.25) is 0 Å². The van der Waals surface area contributed by atoms with E-state index in [-0.39, 0.29) is 5.56 Å². The number of methoxy groups -OCH3 is 1. The molecule has 5 aromatic rings. The lowest BCUT2D eigenvalue weighted by Crippen LogP contribution is -2.38. The molecule has 1 N–H and O–H groups in total. The number of carbonyl (C=O) groups is 2. The van der Waals surface area contributed by atoms with Crippen molar-refractivity contribution in [3.63, 3.8) is 0 Å². The van der Waals surface area contributed by atoms with Crippen molar-refractivity contribution in [1.82, 2.24) is 39.2 Å². The molecule has 0 spiro atoms. The molecule has 0 fully saturated rings. The molecule has 4 aromatic heterocycles. The summed E-state index contributed by atoms with van der Waals surface area (Å²) in [5, 5.41) is 4.80. The number of amides is 1. The molecule has 5 heterocycles. The summed E-state index contributed by atoms with van der Waals surface area (Å²) in [7, 11) is 1.50. The Labute approximate surface area is 218 Å². The van der Waals surface area contributed by atoms with Crippen molar-refractivity contribution in [1.29, 1.82) is 0 Å². The standard InChI is InChI=1S/C27H26N8O3/c1-16-4-6-18(7-5-16)34-14-31-20-8-10-33(11-9-21(20)34)27(37)25(36)19-12-28-24-23(19)22(38-3)13-29-26(24)35-15-30-17(2)32-35/h4-7,12-15,28H,8-11H2,1-3H3. The first-order valence-corrected chi connectivity index (χ1v) is 12.3. The summed E-state index contributed by atoms with van der Waals surface area (Å²) in [5.41, 5.74) is 4.98. The van der Waals surface area contributed by atoms with Gasteiger partial charge in [-0.2, -0.15) is 5.10 Å². The molecule has 1 amide bonds. The van der Waals surface area contributed by atoms with E-state index in [0.717, 1.165) is 17.1 Å². The second-order valence-electron chi connectivity index (χ2n) is 9.30. The maximum Gasteiger partial charge on any atom is 0.295 e. The summed E-state index contributed by atoms with van der Waals surface area (Å²) in [6.07, 6.45) is 7.59. The Morgan fingerprint density at radius 3 is 2.53 bits per heavy atom. The number of nitrogens with zero attached hydrogens (tertiary/aromatic N) is 7. The quantitative estimate of drug-likeness (QED) is 0.285. The minimum absolute atomic E-state index is 0.228. The Hall–Kier alpha value is -4.80. The lowest BCUT2D eigenvalue weighted by Gasteiger charge is -2.19. The molecule has 6 rings (SSSR count). The normalized spacial score (nSPS) is 13.4. The number of ether oxygens (including phenoxy) is 1. The fourth-order valence-corrected chi connectivity index (χ4v) is 4.93. The summed E-state index contributed by atoms with van der Waals surface area (Å²) in [6.45, 7) is 4.65. The Kier molecular flexibility index (Phi) is 5.74. The van der Waals surface area contributed by atoms with Crippen LogP contribution in [0.3, 0.4) is 0 Å². The van der Waals surface area contributed by atoms with Gasteiger partial charge in [0.05, 0.1) is 41.8 Å². The predicted octanol–water partition coefficient (Wildman–Crippen LogP) is 2.76. The van der Waals surface area contributed by atoms with Crippen LogP contribution in [0.15, 0.2) is 49.3 Å². The van der Waals surface area contributed by atoms with E-state index in [9.17, 15) is 9.59 Å². The second kappa shape index (κ2) is 9.25. The molecule has 11 nitrogen and oxygen atoms in total. The highest BCUT2D eigenvalue weighted by Crippen LogP contribution is 2.32. The first-order chi connectivity index (χ1) is 18.4. The van der Waals surface area contributed by atoms with Crippen LogP contribution in [0.5, 0.6) is 5.75 Å². The van der Waals surface area contributed by atoms with Gasteiger partial charge in [-0.3, -0.25) is 9.59 Å². The number of aromatic amines is 1. The molecular formula is C27H26N8O3. The summed E-state index contributed by atoms with van der Waals surface area (Å²) >= 11 is 0. The maximum atomic E-state index is 13.5. The number of nitrogens with one attached hydrogen (secondary N) is 1. The van der Waals surface area contributed by atoms with Gasteiger partial charge in [0.1, 0.15) is 17.9 Å². The number of Topliss-reactive ketones (excluding diaryl/α,β-unsaturated/α-hetero) is 1. The average molecular weight is 511 g/mol. The molecule has 0 unspecified atom stereocenters. The number of benzene rings is 1.